The predicted molar refractivity (Wildman–Crippen MR) is 109 cm³/mol. The van der Waals surface area contributed by atoms with E-state index in [0.29, 0.717) is 23.1 Å². The second kappa shape index (κ2) is 8.86. The smallest absolute Gasteiger partial charge is 0.263 e. The van der Waals surface area contributed by atoms with Gasteiger partial charge in [0.1, 0.15) is 4.83 Å². The molecule has 26 heavy (non-hydrogen) atoms. The number of carbonyl (C=O) groups is 1. The Hall–Kier alpha value is -1.60. The summed E-state index contributed by atoms with van der Waals surface area (Å²) in [5.74, 6) is 0.291. The van der Waals surface area contributed by atoms with E-state index in [0.717, 1.165) is 29.0 Å². The zero-order chi connectivity index (χ0) is 18.5. The summed E-state index contributed by atoms with van der Waals surface area (Å²) < 4.78 is 1.61. The molecule has 0 atom stereocenters. The molecule has 5 nitrogen and oxygen atoms in total. The highest BCUT2D eigenvalue weighted by Gasteiger charge is 2.18. The number of nitrogens with one attached hydrogen (secondary N) is 1. The first-order valence-corrected chi connectivity index (χ1v) is 11.0. The third-order valence-electron chi connectivity index (χ3n) is 4.63. The molecule has 7 heteroatoms. The number of thioether (sulfide) groups is 1. The van der Waals surface area contributed by atoms with E-state index in [1.807, 2.05) is 6.07 Å². The Kier molecular flexibility index (Phi) is 6.53. The topological polar surface area (TPSA) is 64.0 Å². The van der Waals surface area contributed by atoms with Crippen LogP contribution in [0.2, 0.25) is 0 Å². The van der Waals surface area contributed by atoms with Crippen LogP contribution in [0.4, 0.5) is 0 Å². The third kappa shape index (κ3) is 4.38. The number of aromatic nitrogens is 2. The Bertz CT molecular complexity index is 850. The van der Waals surface area contributed by atoms with Gasteiger partial charge >= 0.3 is 0 Å². The second-order valence-electron chi connectivity index (χ2n) is 6.58. The summed E-state index contributed by atoms with van der Waals surface area (Å²) in [4.78, 5) is 31.6. The number of allylic oxidation sites excluding steroid dienone is 1. The van der Waals surface area contributed by atoms with E-state index in [9.17, 15) is 9.59 Å². The van der Waals surface area contributed by atoms with Crippen molar-refractivity contribution < 1.29 is 4.79 Å². The number of nitrogens with zero attached hydrogens (tertiary/aromatic N) is 2. The van der Waals surface area contributed by atoms with Crippen LogP contribution in [-0.4, -0.2) is 27.3 Å². The fourth-order valence-electron chi connectivity index (χ4n) is 3.27. The molecule has 0 unspecified atom stereocenters. The van der Waals surface area contributed by atoms with Crippen LogP contribution in [-0.2, 0) is 17.8 Å². The van der Waals surface area contributed by atoms with Gasteiger partial charge in [-0.1, -0.05) is 44.0 Å². The van der Waals surface area contributed by atoms with Crippen molar-refractivity contribution in [3.05, 3.63) is 34.0 Å². The molecule has 1 N–H and O–H groups in total. The fourth-order valence-corrected chi connectivity index (χ4v) is 5.10. The van der Waals surface area contributed by atoms with Crippen molar-refractivity contribution in [1.29, 1.82) is 0 Å². The normalized spacial score (nSPS) is 15.3. The van der Waals surface area contributed by atoms with Crippen LogP contribution in [0.15, 0.2) is 28.7 Å². The van der Waals surface area contributed by atoms with Crippen molar-refractivity contribution in [2.24, 2.45) is 0 Å². The minimum absolute atomic E-state index is 0.0156. The molecule has 0 bridgehead atoms. The van der Waals surface area contributed by atoms with Crippen molar-refractivity contribution in [3.63, 3.8) is 0 Å². The van der Waals surface area contributed by atoms with Crippen molar-refractivity contribution in [1.82, 2.24) is 14.9 Å². The zero-order valence-electron chi connectivity index (χ0n) is 15.1. The van der Waals surface area contributed by atoms with Crippen LogP contribution >= 0.6 is 23.1 Å². The predicted octanol–water partition coefficient (Wildman–Crippen LogP) is 3.75. The molecule has 2 aromatic heterocycles. The first kappa shape index (κ1) is 19.2. The first-order chi connectivity index (χ1) is 12.6. The summed E-state index contributed by atoms with van der Waals surface area (Å²) >= 11 is 2.88. The highest BCUT2D eigenvalue weighted by atomic mass is 32.2. The molecular formula is C19H25N3O2S2. The molecular weight excluding hydrogens is 366 g/mol. The molecule has 0 aromatic carbocycles. The molecule has 3 rings (SSSR count). The summed E-state index contributed by atoms with van der Waals surface area (Å²) in [5.41, 5.74) is -0.0546. The van der Waals surface area contributed by atoms with Gasteiger partial charge < -0.3 is 5.32 Å². The molecule has 140 valence electrons. The molecule has 1 amide bonds. The van der Waals surface area contributed by atoms with E-state index >= 15 is 0 Å². The number of rotatable bonds is 7. The maximum atomic E-state index is 12.8. The monoisotopic (exact) mass is 391 g/mol. The minimum Gasteiger partial charge on any atom is -0.353 e. The van der Waals surface area contributed by atoms with E-state index < -0.39 is 0 Å². The van der Waals surface area contributed by atoms with Crippen LogP contribution in [0, 0.1) is 0 Å². The molecule has 1 aliphatic carbocycles. The van der Waals surface area contributed by atoms with Gasteiger partial charge in [0.05, 0.1) is 11.1 Å². The Balaban J connectivity index is 1.77. The lowest BCUT2D eigenvalue weighted by Crippen LogP contribution is -2.37. The fraction of sp³-hybridized carbons (Fsp3) is 0.526. The number of hydrogen-bond donors (Lipinski definition) is 1. The molecule has 1 saturated carbocycles. The van der Waals surface area contributed by atoms with Crippen molar-refractivity contribution in [2.45, 2.75) is 63.2 Å². The van der Waals surface area contributed by atoms with Gasteiger partial charge in [-0.15, -0.1) is 17.9 Å². The molecule has 0 spiro atoms. The van der Waals surface area contributed by atoms with Gasteiger partial charge in [-0.05, 0) is 25.3 Å². The van der Waals surface area contributed by atoms with Gasteiger partial charge in [-0.25, -0.2) is 4.98 Å². The Morgan fingerprint density at radius 2 is 2.23 bits per heavy atom. The summed E-state index contributed by atoms with van der Waals surface area (Å²) in [6, 6.07) is 2.23. The van der Waals surface area contributed by atoms with E-state index in [1.165, 1.54) is 31.0 Å². The number of thiophene rings is 1. The number of amides is 1. The first-order valence-electron chi connectivity index (χ1n) is 9.18. The number of carbonyl (C=O) groups excluding carboxylic acids is 1. The van der Waals surface area contributed by atoms with Gasteiger partial charge in [0, 0.05) is 17.5 Å². The molecule has 2 heterocycles. The minimum atomic E-state index is -0.0546. The maximum absolute atomic E-state index is 12.8. The summed E-state index contributed by atoms with van der Waals surface area (Å²) in [5, 5.41) is 4.36. The van der Waals surface area contributed by atoms with Gasteiger partial charge in [0.25, 0.3) is 5.56 Å². The van der Waals surface area contributed by atoms with Gasteiger partial charge in [-0.3, -0.25) is 14.2 Å². The van der Waals surface area contributed by atoms with E-state index in [2.05, 4.69) is 23.8 Å². The Labute approximate surface area is 161 Å². The molecule has 2 aromatic rings. The highest BCUT2D eigenvalue weighted by molar-refractivity contribution is 7.99. The van der Waals surface area contributed by atoms with Crippen LogP contribution in [0.5, 0.6) is 0 Å². The molecule has 0 radical (unpaired) electrons. The zero-order valence-corrected chi connectivity index (χ0v) is 16.8. The van der Waals surface area contributed by atoms with Crippen LogP contribution in [0.25, 0.3) is 10.2 Å². The lowest BCUT2D eigenvalue weighted by atomic mass is 9.95. The molecule has 0 aliphatic heterocycles. The SMILES string of the molecule is C=CCn1c(SCC(=O)NC2CCCCC2)nc2sc(CC)cc2c1=O. The summed E-state index contributed by atoms with van der Waals surface area (Å²) in [6.45, 7) is 6.20. The summed E-state index contributed by atoms with van der Waals surface area (Å²) in [6.07, 6.45) is 8.34. The van der Waals surface area contributed by atoms with Crippen LogP contribution in [0.3, 0.4) is 0 Å². The quantitative estimate of drug-likeness (QED) is 0.444. The average molecular weight is 392 g/mol. The third-order valence-corrected chi connectivity index (χ3v) is 6.78. The lowest BCUT2D eigenvalue weighted by molar-refractivity contribution is -0.119. The van der Waals surface area contributed by atoms with E-state index in [4.69, 9.17) is 0 Å². The van der Waals surface area contributed by atoms with Crippen LogP contribution < -0.4 is 10.9 Å². The lowest BCUT2D eigenvalue weighted by Gasteiger charge is -2.22. The standard InChI is InChI=1S/C19H25N3O2S2/c1-3-10-22-18(24)15-11-14(4-2)26-17(15)21-19(22)25-12-16(23)20-13-8-6-5-7-9-13/h3,11,13H,1,4-10,12H2,2H3,(H,20,23). The highest BCUT2D eigenvalue weighted by Crippen LogP contribution is 2.25. The second-order valence-corrected chi connectivity index (χ2v) is 8.63. The Morgan fingerprint density at radius 1 is 1.46 bits per heavy atom. The van der Waals surface area contributed by atoms with Crippen molar-refractivity contribution in [3.8, 4) is 0 Å². The number of aryl methyl sites for hydroxylation is 1. The van der Waals surface area contributed by atoms with Crippen LogP contribution in [0.1, 0.15) is 43.9 Å². The number of fused-ring (bicyclic) bond motifs is 1. The van der Waals surface area contributed by atoms with Gasteiger partial charge in [-0.2, -0.15) is 0 Å². The molecule has 1 fully saturated rings. The largest absolute Gasteiger partial charge is 0.353 e. The average Bonchev–Trinajstić information content (AvgIpc) is 3.07. The van der Waals surface area contributed by atoms with Crippen molar-refractivity contribution >= 4 is 39.2 Å². The molecule has 1 aliphatic rings. The van der Waals surface area contributed by atoms with Crippen molar-refractivity contribution in [2.75, 3.05) is 5.75 Å². The van der Waals surface area contributed by atoms with E-state index in [1.54, 1.807) is 22.0 Å². The van der Waals surface area contributed by atoms with E-state index in [-0.39, 0.29) is 17.2 Å². The maximum Gasteiger partial charge on any atom is 0.263 e. The molecule has 0 saturated heterocycles. The van der Waals surface area contributed by atoms with Gasteiger partial charge in [0.15, 0.2) is 5.16 Å². The summed E-state index contributed by atoms with van der Waals surface area (Å²) in [7, 11) is 0. The Morgan fingerprint density at radius 3 is 2.92 bits per heavy atom. The number of hydrogen-bond acceptors (Lipinski definition) is 5. The van der Waals surface area contributed by atoms with Gasteiger partial charge in [0.2, 0.25) is 5.91 Å².